The summed E-state index contributed by atoms with van der Waals surface area (Å²) in [5, 5.41) is 8.58. The van der Waals surface area contributed by atoms with Crippen molar-refractivity contribution in [3.05, 3.63) is 69.7 Å². The van der Waals surface area contributed by atoms with E-state index in [4.69, 9.17) is 4.74 Å². The van der Waals surface area contributed by atoms with Crippen LogP contribution in [0.5, 0.6) is 5.75 Å². The Morgan fingerprint density at radius 3 is 2.54 bits per heavy atom. The van der Waals surface area contributed by atoms with Crippen LogP contribution in [0.4, 0.5) is 0 Å². The third kappa shape index (κ3) is 5.21. The van der Waals surface area contributed by atoms with E-state index in [1.165, 1.54) is 0 Å². The number of thiophene rings is 1. The largest absolute Gasteiger partial charge is 0.497 e. The van der Waals surface area contributed by atoms with Crippen LogP contribution in [-0.2, 0) is 16.4 Å². The summed E-state index contributed by atoms with van der Waals surface area (Å²) in [4.78, 5) is 0. The summed E-state index contributed by atoms with van der Waals surface area (Å²) in [7, 11) is -1.81. The Morgan fingerprint density at radius 2 is 1.96 bits per heavy atom. The van der Waals surface area contributed by atoms with Gasteiger partial charge in [-0.3, -0.25) is 4.68 Å². The minimum Gasteiger partial charge on any atom is -0.497 e. The zero-order valence-electron chi connectivity index (χ0n) is 16.3. The molecule has 0 aliphatic carbocycles. The first kappa shape index (κ1) is 20.6. The van der Waals surface area contributed by atoms with Crippen molar-refractivity contribution in [2.75, 3.05) is 19.4 Å². The molecule has 0 aliphatic heterocycles. The molecule has 0 fully saturated rings. The van der Waals surface area contributed by atoms with E-state index in [0.717, 1.165) is 28.3 Å². The summed E-state index contributed by atoms with van der Waals surface area (Å²) in [5.74, 6) is 0.792. The van der Waals surface area contributed by atoms with Crippen LogP contribution in [-0.4, -0.2) is 37.6 Å². The first-order valence-electron chi connectivity index (χ1n) is 9.03. The second kappa shape index (κ2) is 8.89. The van der Waals surface area contributed by atoms with E-state index >= 15 is 0 Å². The fourth-order valence-electron chi connectivity index (χ4n) is 3.09. The van der Waals surface area contributed by atoms with E-state index < -0.39 is 10.0 Å². The number of hydrogen-bond donors (Lipinski definition) is 1. The molecule has 0 amide bonds. The molecule has 150 valence electrons. The first-order chi connectivity index (χ1) is 13.4. The van der Waals surface area contributed by atoms with Crippen LogP contribution < -0.4 is 9.46 Å². The molecule has 0 bridgehead atoms. The summed E-state index contributed by atoms with van der Waals surface area (Å²) < 4.78 is 34.9. The van der Waals surface area contributed by atoms with Gasteiger partial charge in [-0.25, -0.2) is 13.1 Å². The zero-order chi connectivity index (χ0) is 20.1. The summed E-state index contributed by atoms with van der Waals surface area (Å²) in [6.07, 6.45) is 0.447. The summed E-state index contributed by atoms with van der Waals surface area (Å²) in [6.45, 7) is 4.19. The van der Waals surface area contributed by atoms with Crippen molar-refractivity contribution in [2.24, 2.45) is 0 Å². The Kier molecular flexibility index (Phi) is 6.53. The standard InChI is InChI=1S/C20H25N3O3S2/c1-15-12-16(2)23(22-15)20(18-8-10-27-14-18)13-21-28(24,25)11-9-17-4-6-19(26-3)7-5-17/h4-8,10,12,14,20-21H,9,11,13H2,1-3H3/t20-/m1/s1. The third-order valence-corrected chi connectivity index (χ3v) is 6.63. The molecule has 2 aromatic heterocycles. The first-order valence-corrected chi connectivity index (χ1v) is 11.6. The molecule has 1 N–H and O–H groups in total. The predicted octanol–water partition coefficient (Wildman–Crippen LogP) is 3.32. The van der Waals surface area contributed by atoms with E-state index in [-0.39, 0.29) is 18.3 Å². The van der Waals surface area contributed by atoms with Gasteiger partial charge in [0.15, 0.2) is 0 Å². The molecular formula is C20H25N3O3S2. The molecule has 8 heteroatoms. The number of nitrogens with one attached hydrogen (secondary N) is 1. The van der Waals surface area contributed by atoms with Gasteiger partial charge in [-0.05, 0) is 66.4 Å². The highest BCUT2D eigenvalue weighted by atomic mass is 32.2. The van der Waals surface area contributed by atoms with Gasteiger partial charge < -0.3 is 4.74 Å². The normalized spacial score (nSPS) is 12.8. The zero-order valence-corrected chi connectivity index (χ0v) is 17.9. The van der Waals surface area contributed by atoms with Crippen LogP contribution >= 0.6 is 11.3 Å². The maximum Gasteiger partial charge on any atom is 0.212 e. The summed E-state index contributed by atoms with van der Waals surface area (Å²) >= 11 is 1.59. The fraction of sp³-hybridized carbons (Fsp3) is 0.350. The van der Waals surface area contributed by atoms with Crippen molar-refractivity contribution in [3.8, 4) is 5.75 Å². The molecule has 0 radical (unpaired) electrons. The average molecular weight is 420 g/mol. The van der Waals surface area contributed by atoms with Gasteiger partial charge in [-0.15, -0.1) is 0 Å². The van der Waals surface area contributed by atoms with Gasteiger partial charge in [-0.2, -0.15) is 16.4 Å². The van der Waals surface area contributed by atoms with Gasteiger partial charge in [0.2, 0.25) is 10.0 Å². The van der Waals surface area contributed by atoms with Crippen LogP contribution in [0, 0.1) is 13.8 Å². The minimum atomic E-state index is -3.41. The third-order valence-electron chi connectivity index (χ3n) is 4.58. The maximum atomic E-state index is 12.6. The molecule has 2 heterocycles. The predicted molar refractivity (Wildman–Crippen MR) is 113 cm³/mol. The molecule has 0 saturated carbocycles. The average Bonchev–Trinajstić information content (AvgIpc) is 3.31. The number of nitrogens with zero attached hydrogens (tertiary/aromatic N) is 2. The van der Waals surface area contributed by atoms with Crippen molar-refractivity contribution in [1.29, 1.82) is 0 Å². The van der Waals surface area contributed by atoms with E-state index in [2.05, 4.69) is 9.82 Å². The lowest BCUT2D eigenvalue weighted by Gasteiger charge is -2.19. The van der Waals surface area contributed by atoms with Gasteiger partial charge >= 0.3 is 0 Å². The Labute approximate surface area is 170 Å². The van der Waals surface area contributed by atoms with Crippen molar-refractivity contribution in [2.45, 2.75) is 26.3 Å². The van der Waals surface area contributed by atoms with Crippen LogP contribution in [0.25, 0.3) is 0 Å². The smallest absolute Gasteiger partial charge is 0.212 e. The number of sulfonamides is 1. The summed E-state index contributed by atoms with van der Waals surface area (Å²) in [6, 6.07) is 11.3. The number of rotatable bonds is 9. The number of hydrogen-bond acceptors (Lipinski definition) is 5. The Bertz CT molecular complexity index is 994. The number of aryl methyl sites for hydroxylation is 3. The molecular weight excluding hydrogens is 394 g/mol. The maximum absolute atomic E-state index is 12.6. The van der Waals surface area contributed by atoms with Crippen molar-refractivity contribution in [3.63, 3.8) is 0 Å². The highest BCUT2D eigenvalue weighted by molar-refractivity contribution is 7.89. The van der Waals surface area contributed by atoms with E-state index in [1.807, 2.05) is 65.7 Å². The lowest BCUT2D eigenvalue weighted by atomic mass is 10.1. The number of ether oxygens (including phenoxy) is 1. The number of benzene rings is 1. The van der Waals surface area contributed by atoms with Crippen molar-refractivity contribution in [1.82, 2.24) is 14.5 Å². The molecule has 0 aliphatic rings. The Morgan fingerprint density at radius 1 is 1.21 bits per heavy atom. The van der Waals surface area contributed by atoms with Crippen molar-refractivity contribution < 1.29 is 13.2 Å². The highest BCUT2D eigenvalue weighted by Crippen LogP contribution is 2.22. The second-order valence-electron chi connectivity index (χ2n) is 6.71. The molecule has 0 unspecified atom stereocenters. The monoisotopic (exact) mass is 419 g/mol. The lowest BCUT2D eigenvalue weighted by Crippen LogP contribution is -2.34. The van der Waals surface area contributed by atoms with Crippen LogP contribution in [0.1, 0.15) is 28.6 Å². The molecule has 3 rings (SSSR count). The molecule has 1 atom stereocenters. The molecule has 3 aromatic rings. The second-order valence-corrected chi connectivity index (χ2v) is 9.42. The van der Waals surface area contributed by atoms with Crippen LogP contribution in [0.3, 0.4) is 0 Å². The van der Waals surface area contributed by atoms with Crippen molar-refractivity contribution >= 4 is 21.4 Å². The molecule has 28 heavy (non-hydrogen) atoms. The van der Waals surface area contributed by atoms with Gasteiger partial charge in [0.25, 0.3) is 0 Å². The van der Waals surface area contributed by atoms with E-state index in [1.54, 1.807) is 18.4 Å². The van der Waals surface area contributed by atoms with Gasteiger partial charge in [0, 0.05) is 12.2 Å². The minimum absolute atomic E-state index is 0.0345. The lowest BCUT2D eigenvalue weighted by molar-refractivity contribution is 0.414. The SMILES string of the molecule is COc1ccc(CCS(=O)(=O)NC[C@H](c2ccsc2)n2nc(C)cc2C)cc1. The number of aromatic nitrogens is 2. The Balaban J connectivity index is 1.67. The fourth-order valence-corrected chi connectivity index (χ4v) is 4.86. The van der Waals surface area contributed by atoms with Crippen LogP contribution in [0.15, 0.2) is 47.2 Å². The number of methoxy groups -OCH3 is 1. The highest BCUT2D eigenvalue weighted by Gasteiger charge is 2.20. The van der Waals surface area contributed by atoms with Crippen LogP contribution in [0.2, 0.25) is 0 Å². The molecule has 0 saturated heterocycles. The van der Waals surface area contributed by atoms with Gasteiger partial charge in [-0.1, -0.05) is 12.1 Å². The molecule has 1 aromatic carbocycles. The van der Waals surface area contributed by atoms with E-state index in [0.29, 0.717) is 6.42 Å². The van der Waals surface area contributed by atoms with E-state index in [9.17, 15) is 8.42 Å². The summed E-state index contributed by atoms with van der Waals surface area (Å²) in [5.41, 5.74) is 3.93. The van der Waals surface area contributed by atoms with Gasteiger partial charge in [0.1, 0.15) is 5.75 Å². The topological polar surface area (TPSA) is 73.2 Å². The molecule has 0 spiro atoms. The molecule has 6 nitrogen and oxygen atoms in total. The quantitative estimate of drug-likeness (QED) is 0.577. The Hall–Kier alpha value is -2.16. The van der Waals surface area contributed by atoms with Gasteiger partial charge in [0.05, 0.1) is 24.6 Å².